The highest BCUT2D eigenvalue weighted by molar-refractivity contribution is 6.08. The third-order valence-electron chi connectivity index (χ3n) is 5.79. The second-order valence-electron chi connectivity index (χ2n) is 7.85. The largest absolute Gasteiger partial charge is 0.464 e. The van der Waals surface area contributed by atoms with Crippen LogP contribution in [-0.2, 0) is 22.4 Å². The van der Waals surface area contributed by atoms with Gasteiger partial charge in [-0.15, -0.1) is 0 Å². The number of carbonyl (C=O) groups excluding carboxylic acids is 2. The summed E-state index contributed by atoms with van der Waals surface area (Å²) in [6.07, 6.45) is 3.16. The minimum Gasteiger partial charge on any atom is -0.464 e. The van der Waals surface area contributed by atoms with Gasteiger partial charge in [0.2, 0.25) is 11.8 Å². The summed E-state index contributed by atoms with van der Waals surface area (Å²) in [4.78, 5) is 24.3. The molecule has 1 aliphatic rings. The van der Waals surface area contributed by atoms with Crippen LogP contribution in [0.2, 0.25) is 0 Å². The van der Waals surface area contributed by atoms with Crippen molar-refractivity contribution in [3.63, 3.8) is 0 Å². The fourth-order valence-corrected chi connectivity index (χ4v) is 4.23. The first-order valence-corrected chi connectivity index (χ1v) is 10.2. The summed E-state index contributed by atoms with van der Waals surface area (Å²) in [5, 5.41) is 9.21. The molecule has 2 amide bonds. The first-order valence-electron chi connectivity index (χ1n) is 10.2. The van der Waals surface area contributed by atoms with Gasteiger partial charge in [-0.1, -0.05) is 42.5 Å². The van der Waals surface area contributed by atoms with Crippen LogP contribution in [0.25, 0.3) is 21.7 Å². The van der Waals surface area contributed by atoms with E-state index < -0.39 is 0 Å². The van der Waals surface area contributed by atoms with Crippen molar-refractivity contribution in [2.24, 2.45) is 0 Å². The van der Waals surface area contributed by atoms with E-state index in [1.807, 2.05) is 43.3 Å². The normalized spacial score (nSPS) is 14.4. The average molecular weight is 398 g/mol. The van der Waals surface area contributed by atoms with E-state index in [9.17, 15) is 9.59 Å². The minimum atomic E-state index is -0.129. The molecule has 0 fully saturated rings. The highest BCUT2D eigenvalue weighted by atomic mass is 16.3. The highest BCUT2D eigenvalue weighted by Crippen LogP contribution is 2.30. The van der Waals surface area contributed by atoms with Crippen molar-refractivity contribution in [1.82, 2.24) is 5.32 Å². The summed E-state index contributed by atoms with van der Waals surface area (Å²) in [7, 11) is 0. The molecule has 2 N–H and O–H groups in total. The lowest BCUT2D eigenvalue weighted by Crippen LogP contribution is -2.28. The topological polar surface area (TPSA) is 71.3 Å². The molecule has 30 heavy (non-hydrogen) atoms. The van der Waals surface area contributed by atoms with Crippen molar-refractivity contribution in [3.8, 4) is 0 Å². The van der Waals surface area contributed by atoms with Crippen LogP contribution in [0.15, 0.2) is 65.3 Å². The fraction of sp³-hybridized carbons (Fsp3) is 0.200. The number of amides is 2. The summed E-state index contributed by atoms with van der Waals surface area (Å²) in [5.74, 6) is 0.000575. The van der Waals surface area contributed by atoms with E-state index in [-0.39, 0.29) is 24.3 Å². The van der Waals surface area contributed by atoms with Gasteiger partial charge >= 0.3 is 0 Å². The molecule has 150 valence electrons. The molecule has 0 spiro atoms. The zero-order valence-corrected chi connectivity index (χ0v) is 16.7. The maximum atomic E-state index is 12.8. The maximum absolute atomic E-state index is 12.8. The Balaban J connectivity index is 1.35. The summed E-state index contributed by atoms with van der Waals surface area (Å²) >= 11 is 0. The van der Waals surface area contributed by atoms with E-state index in [0.29, 0.717) is 6.42 Å². The summed E-state index contributed by atoms with van der Waals surface area (Å²) in [6.45, 7) is 1.98. The van der Waals surface area contributed by atoms with Crippen LogP contribution in [-0.4, -0.2) is 11.8 Å². The Morgan fingerprint density at radius 2 is 2.00 bits per heavy atom. The predicted octanol–water partition coefficient (Wildman–Crippen LogP) is 4.89. The number of nitrogens with one attached hydrogen (secondary N) is 2. The molecule has 1 aromatic heterocycles. The van der Waals surface area contributed by atoms with Crippen LogP contribution in [0.1, 0.15) is 36.1 Å². The Morgan fingerprint density at radius 1 is 1.13 bits per heavy atom. The maximum Gasteiger partial charge on any atom is 0.225 e. The van der Waals surface area contributed by atoms with Crippen LogP contribution in [0.4, 0.5) is 5.69 Å². The Bertz CT molecular complexity index is 1290. The smallest absolute Gasteiger partial charge is 0.225 e. The molecular formula is C25H22N2O3. The van der Waals surface area contributed by atoms with Crippen LogP contribution < -0.4 is 10.6 Å². The zero-order valence-electron chi connectivity index (χ0n) is 16.7. The summed E-state index contributed by atoms with van der Waals surface area (Å²) in [5.41, 5.74) is 4.69. The Kier molecular flexibility index (Phi) is 4.51. The number of anilines is 1. The van der Waals surface area contributed by atoms with Crippen molar-refractivity contribution >= 4 is 39.2 Å². The molecular weight excluding hydrogens is 376 g/mol. The molecule has 1 atom stereocenters. The van der Waals surface area contributed by atoms with E-state index in [1.165, 1.54) is 0 Å². The van der Waals surface area contributed by atoms with E-state index in [0.717, 1.165) is 50.5 Å². The summed E-state index contributed by atoms with van der Waals surface area (Å²) < 4.78 is 5.70. The van der Waals surface area contributed by atoms with Crippen molar-refractivity contribution in [3.05, 3.63) is 77.6 Å². The lowest BCUT2D eigenvalue weighted by Gasteiger charge is -2.20. The van der Waals surface area contributed by atoms with Gasteiger partial charge in [-0.25, -0.2) is 0 Å². The zero-order chi connectivity index (χ0) is 20.7. The van der Waals surface area contributed by atoms with Crippen LogP contribution in [0, 0.1) is 0 Å². The molecule has 0 bridgehead atoms. The molecule has 5 heteroatoms. The Labute approximate surface area is 174 Å². The van der Waals surface area contributed by atoms with Crippen LogP contribution in [0.3, 0.4) is 0 Å². The average Bonchev–Trinajstić information content (AvgIpc) is 3.16. The van der Waals surface area contributed by atoms with E-state index in [2.05, 4.69) is 28.8 Å². The first kappa shape index (κ1) is 18.4. The van der Waals surface area contributed by atoms with Gasteiger partial charge in [-0.3, -0.25) is 9.59 Å². The Hall–Kier alpha value is -3.60. The van der Waals surface area contributed by atoms with Gasteiger partial charge in [-0.2, -0.15) is 0 Å². The lowest BCUT2D eigenvalue weighted by molar-refractivity contribution is -0.121. The van der Waals surface area contributed by atoms with Gasteiger partial charge in [0.25, 0.3) is 0 Å². The molecule has 0 saturated carbocycles. The third-order valence-corrected chi connectivity index (χ3v) is 5.79. The number of fused-ring (bicyclic) bond motifs is 4. The fourth-order valence-electron chi connectivity index (χ4n) is 4.23. The molecule has 5 nitrogen and oxygen atoms in total. The molecule has 0 saturated heterocycles. The lowest BCUT2D eigenvalue weighted by atomic mass is 9.97. The highest BCUT2D eigenvalue weighted by Gasteiger charge is 2.18. The SMILES string of the molecule is CC(NC(=O)Cc1coc2ccc3ccccc3c12)c1ccc2c(c1)CCC(=O)N2. The quantitative estimate of drug-likeness (QED) is 0.514. The number of rotatable bonds is 4. The number of hydrogen-bond acceptors (Lipinski definition) is 3. The molecule has 1 unspecified atom stereocenters. The van der Waals surface area contributed by atoms with Crippen LogP contribution >= 0.6 is 0 Å². The molecule has 5 rings (SSSR count). The standard InChI is InChI=1S/C25H22N2O3/c1-15(17-6-9-21-18(12-17)8-11-23(28)27-21)26-24(29)13-19-14-30-22-10-7-16-4-2-3-5-20(16)25(19)22/h2-7,9-10,12,14-15H,8,11,13H2,1H3,(H,26,29)(H,27,28). The predicted molar refractivity (Wildman–Crippen MR) is 117 cm³/mol. The first-order chi connectivity index (χ1) is 14.6. The van der Waals surface area contributed by atoms with Crippen molar-refractivity contribution in [1.29, 1.82) is 0 Å². The van der Waals surface area contributed by atoms with Gasteiger partial charge < -0.3 is 15.1 Å². The molecule has 0 aliphatic carbocycles. The van der Waals surface area contributed by atoms with E-state index in [4.69, 9.17) is 4.42 Å². The third kappa shape index (κ3) is 3.32. The van der Waals surface area contributed by atoms with Gasteiger partial charge in [0.05, 0.1) is 18.7 Å². The van der Waals surface area contributed by atoms with Gasteiger partial charge in [0.15, 0.2) is 0 Å². The second-order valence-corrected chi connectivity index (χ2v) is 7.85. The van der Waals surface area contributed by atoms with Gasteiger partial charge in [0, 0.05) is 23.1 Å². The number of hydrogen-bond donors (Lipinski definition) is 2. The van der Waals surface area contributed by atoms with Crippen molar-refractivity contribution in [2.75, 3.05) is 5.32 Å². The second kappa shape index (κ2) is 7.34. The Morgan fingerprint density at radius 3 is 2.90 bits per heavy atom. The van der Waals surface area contributed by atoms with Crippen molar-refractivity contribution < 1.29 is 14.0 Å². The molecule has 4 aromatic rings. The van der Waals surface area contributed by atoms with Gasteiger partial charge in [0.1, 0.15) is 5.58 Å². The van der Waals surface area contributed by atoms with E-state index in [1.54, 1.807) is 6.26 Å². The molecule has 1 aliphatic heterocycles. The van der Waals surface area contributed by atoms with Gasteiger partial charge in [-0.05, 0) is 47.4 Å². The van der Waals surface area contributed by atoms with Crippen molar-refractivity contribution in [2.45, 2.75) is 32.2 Å². The number of furan rings is 1. The number of aryl methyl sites for hydroxylation is 1. The monoisotopic (exact) mass is 398 g/mol. The van der Waals surface area contributed by atoms with Crippen LogP contribution in [0.5, 0.6) is 0 Å². The molecule has 2 heterocycles. The number of benzene rings is 3. The minimum absolute atomic E-state index is 0.0517. The molecule has 0 radical (unpaired) electrons. The number of carbonyl (C=O) groups is 2. The van der Waals surface area contributed by atoms with E-state index >= 15 is 0 Å². The molecule has 3 aromatic carbocycles. The summed E-state index contributed by atoms with van der Waals surface area (Å²) in [6, 6.07) is 17.9.